The van der Waals surface area contributed by atoms with Crippen LogP contribution in [0.25, 0.3) is 12.2 Å². The Bertz CT molecular complexity index is 1080. The van der Waals surface area contributed by atoms with Crippen LogP contribution in [0.5, 0.6) is 11.5 Å². The number of aryl methyl sites for hydroxylation is 2. The summed E-state index contributed by atoms with van der Waals surface area (Å²) in [6, 6.07) is 9.91. The van der Waals surface area contributed by atoms with Gasteiger partial charge in [-0.25, -0.2) is 0 Å². The summed E-state index contributed by atoms with van der Waals surface area (Å²) in [6.07, 6.45) is 5.88. The fourth-order valence-corrected chi connectivity index (χ4v) is 2.95. The molecule has 0 aromatic heterocycles. The molecule has 32 heavy (non-hydrogen) atoms. The Balaban J connectivity index is 2.29. The lowest BCUT2D eigenvalue weighted by atomic mass is 10.0. The van der Waals surface area contributed by atoms with Crippen LogP contribution in [0, 0.1) is 13.8 Å². The number of benzene rings is 2. The van der Waals surface area contributed by atoms with Gasteiger partial charge in [0.25, 0.3) is 0 Å². The molecule has 168 valence electrons. The molecule has 0 saturated heterocycles. The molecule has 0 saturated carbocycles. The highest BCUT2D eigenvalue weighted by molar-refractivity contribution is 6.07. The number of phenolic OH excluding ortho intramolecular Hbond substituents is 2. The van der Waals surface area contributed by atoms with E-state index in [0.29, 0.717) is 16.7 Å². The molecule has 6 heteroatoms. The summed E-state index contributed by atoms with van der Waals surface area (Å²) in [5.74, 6) is -0.819. The van der Waals surface area contributed by atoms with Crippen LogP contribution in [0.4, 0.5) is 0 Å². The third kappa shape index (κ3) is 7.16. The molecule has 0 aliphatic carbocycles. The topological polar surface area (TPSA) is 104 Å². The monoisotopic (exact) mass is 436 g/mol. The predicted octanol–water partition coefficient (Wildman–Crippen LogP) is 5.17. The number of aliphatic hydroxyl groups excluding tert-OH is 1. The maximum Gasteiger partial charge on any atom is 0.306 e. The first-order valence-electron chi connectivity index (χ1n) is 10.3. The van der Waals surface area contributed by atoms with Crippen molar-refractivity contribution >= 4 is 23.9 Å². The van der Waals surface area contributed by atoms with Gasteiger partial charge in [-0.05, 0) is 85.9 Å². The zero-order valence-electron chi connectivity index (χ0n) is 18.5. The molecule has 0 aliphatic rings. The van der Waals surface area contributed by atoms with E-state index in [0.717, 1.165) is 5.56 Å². The van der Waals surface area contributed by atoms with Gasteiger partial charge in [0.15, 0.2) is 5.78 Å². The number of rotatable bonds is 9. The average molecular weight is 437 g/mol. The first-order valence-corrected chi connectivity index (χ1v) is 10.3. The fourth-order valence-electron chi connectivity index (χ4n) is 2.95. The average Bonchev–Trinajstić information content (AvgIpc) is 2.75. The largest absolute Gasteiger partial charge is 0.508 e. The Hall–Kier alpha value is -3.80. The lowest BCUT2D eigenvalue weighted by molar-refractivity contribution is -0.143. The van der Waals surface area contributed by atoms with E-state index < -0.39 is 11.8 Å². The third-order valence-corrected chi connectivity index (χ3v) is 4.79. The van der Waals surface area contributed by atoms with Gasteiger partial charge in [0.2, 0.25) is 0 Å². The van der Waals surface area contributed by atoms with E-state index in [2.05, 4.69) is 0 Å². The highest BCUT2D eigenvalue weighted by atomic mass is 16.5. The Morgan fingerprint density at radius 3 is 1.91 bits per heavy atom. The second-order valence-electron chi connectivity index (χ2n) is 7.29. The molecule has 0 aliphatic heterocycles. The van der Waals surface area contributed by atoms with Gasteiger partial charge in [-0.15, -0.1) is 0 Å². The van der Waals surface area contributed by atoms with Crippen molar-refractivity contribution in [1.82, 2.24) is 0 Å². The van der Waals surface area contributed by atoms with Gasteiger partial charge in [-0.3, -0.25) is 9.59 Å². The molecule has 2 aromatic carbocycles. The van der Waals surface area contributed by atoms with E-state index >= 15 is 0 Å². The van der Waals surface area contributed by atoms with Gasteiger partial charge in [-0.1, -0.05) is 24.3 Å². The molecule has 0 amide bonds. The summed E-state index contributed by atoms with van der Waals surface area (Å²) in [4.78, 5) is 24.6. The maximum atomic E-state index is 12.8. The minimum absolute atomic E-state index is 0.0153. The molecule has 3 N–H and O–H groups in total. The maximum absolute atomic E-state index is 12.8. The van der Waals surface area contributed by atoms with E-state index in [1.165, 1.54) is 18.2 Å². The molecule has 2 rings (SSSR count). The number of ketones is 1. The van der Waals surface area contributed by atoms with Crippen molar-refractivity contribution in [3.05, 3.63) is 82.1 Å². The number of hydrogen-bond acceptors (Lipinski definition) is 6. The van der Waals surface area contributed by atoms with Gasteiger partial charge < -0.3 is 20.1 Å². The summed E-state index contributed by atoms with van der Waals surface area (Å²) in [5, 5.41) is 29.9. The molecule has 0 radical (unpaired) electrons. The lowest BCUT2D eigenvalue weighted by Gasteiger charge is -2.07. The molecule has 2 aromatic rings. The zero-order valence-corrected chi connectivity index (χ0v) is 18.5. The second kappa shape index (κ2) is 11.6. The molecule has 0 heterocycles. The Morgan fingerprint density at radius 1 is 0.875 bits per heavy atom. The summed E-state index contributed by atoms with van der Waals surface area (Å²) >= 11 is 0. The van der Waals surface area contributed by atoms with Crippen LogP contribution in [0.1, 0.15) is 42.0 Å². The number of carbonyl (C=O) groups is 2. The van der Waals surface area contributed by atoms with Crippen LogP contribution in [-0.4, -0.2) is 33.7 Å². The van der Waals surface area contributed by atoms with E-state index in [1.54, 1.807) is 63.3 Å². The normalized spacial score (nSPS) is 12.2. The highest BCUT2D eigenvalue weighted by Crippen LogP contribution is 2.21. The van der Waals surface area contributed by atoms with Crippen molar-refractivity contribution in [2.24, 2.45) is 0 Å². The summed E-state index contributed by atoms with van der Waals surface area (Å²) < 4.78 is 4.92. The van der Waals surface area contributed by atoms with Gasteiger partial charge >= 0.3 is 5.97 Å². The van der Waals surface area contributed by atoms with E-state index in [-0.39, 0.29) is 42.3 Å². The van der Waals surface area contributed by atoms with Gasteiger partial charge in [0, 0.05) is 12.0 Å². The van der Waals surface area contributed by atoms with Crippen molar-refractivity contribution in [2.75, 3.05) is 6.61 Å². The number of phenols is 2. The molecular formula is C26H28O6. The van der Waals surface area contributed by atoms with E-state index in [1.807, 2.05) is 0 Å². The molecule has 0 fully saturated rings. The third-order valence-electron chi connectivity index (χ3n) is 4.79. The number of esters is 1. The number of aliphatic hydroxyl groups is 1. The van der Waals surface area contributed by atoms with E-state index in [4.69, 9.17) is 4.74 Å². The van der Waals surface area contributed by atoms with Crippen LogP contribution >= 0.6 is 0 Å². The number of hydrogen-bond donors (Lipinski definition) is 3. The fraction of sp³-hybridized carbons (Fsp3) is 0.231. The lowest BCUT2D eigenvalue weighted by Crippen LogP contribution is -2.08. The van der Waals surface area contributed by atoms with Crippen molar-refractivity contribution in [3.63, 3.8) is 0 Å². The molecule has 0 bridgehead atoms. The number of aromatic hydroxyl groups is 2. The first kappa shape index (κ1) is 24.5. The Kier molecular flexibility index (Phi) is 8.83. The SMILES string of the molecule is CCOC(=O)CCC(C(=O)/C=C/c1ccc(O)c(C)c1)=C(O)/C=C/c1ccc(O)c(C)c1. The number of allylic oxidation sites excluding steroid dienone is 3. The second-order valence-corrected chi connectivity index (χ2v) is 7.29. The smallest absolute Gasteiger partial charge is 0.306 e. The van der Waals surface area contributed by atoms with Crippen LogP contribution in [-0.2, 0) is 14.3 Å². The minimum Gasteiger partial charge on any atom is -0.508 e. The summed E-state index contributed by atoms with van der Waals surface area (Å²) in [5.41, 5.74) is 2.89. The molecule has 0 unspecified atom stereocenters. The van der Waals surface area contributed by atoms with Gasteiger partial charge in [0.1, 0.15) is 17.3 Å². The number of ether oxygens (including phenoxy) is 1. The summed E-state index contributed by atoms with van der Waals surface area (Å²) in [7, 11) is 0. The number of carbonyl (C=O) groups excluding carboxylic acids is 2. The van der Waals surface area contributed by atoms with Crippen LogP contribution in [0.3, 0.4) is 0 Å². The minimum atomic E-state index is -0.457. The van der Waals surface area contributed by atoms with Crippen molar-refractivity contribution in [1.29, 1.82) is 0 Å². The van der Waals surface area contributed by atoms with Crippen LogP contribution in [0.2, 0.25) is 0 Å². The van der Waals surface area contributed by atoms with Gasteiger partial charge in [-0.2, -0.15) is 0 Å². The van der Waals surface area contributed by atoms with Crippen molar-refractivity contribution < 1.29 is 29.6 Å². The van der Waals surface area contributed by atoms with Crippen LogP contribution in [0.15, 0.2) is 59.9 Å². The van der Waals surface area contributed by atoms with E-state index in [9.17, 15) is 24.9 Å². The van der Waals surface area contributed by atoms with Crippen molar-refractivity contribution in [2.45, 2.75) is 33.6 Å². The molecule has 0 spiro atoms. The first-order chi connectivity index (χ1) is 15.2. The van der Waals surface area contributed by atoms with Crippen molar-refractivity contribution in [3.8, 4) is 11.5 Å². The highest BCUT2D eigenvalue weighted by Gasteiger charge is 2.14. The summed E-state index contributed by atoms with van der Waals surface area (Å²) in [6.45, 7) is 5.44. The predicted molar refractivity (Wildman–Crippen MR) is 124 cm³/mol. The van der Waals surface area contributed by atoms with Crippen LogP contribution < -0.4 is 0 Å². The quantitative estimate of drug-likeness (QED) is 0.217. The molecule has 6 nitrogen and oxygen atoms in total. The molecular weight excluding hydrogens is 408 g/mol. The Morgan fingerprint density at radius 2 is 1.41 bits per heavy atom. The molecule has 0 atom stereocenters. The zero-order chi connectivity index (χ0) is 23.7. The van der Waals surface area contributed by atoms with Gasteiger partial charge in [0.05, 0.1) is 6.61 Å². The Labute approximate surface area is 187 Å². The standard InChI is InChI=1S/C26H28O6/c1-4-32-26(31)14-9-21(24(29)12-7-19-5-10-22(27)17(2)15-19)25(30)13-8-20-6-11-23(28)18(3)16-20/h5-8,10-13,15-16,27-29H,4,9,14H2,1-3H3/b12-7+,13-8+,24-21?.